The molecule has 2 N–H and O–H groups in total. The van der Waals surface area contributed by atoms with Crippen LogP contribution in [0.15, 0.2) is 0 Å². The average Bonchev–Trinajstić information content (AvgIpc) is 2.27. The second kappa shape index (κ2) is 8.06. The van der Waals surface area contributed by atoms with Crippen molar-refractivity contribution in [2.75, 3.05) is 26.7 Å². The molecule has 0 rings (SSSR count). The van der Waals surface area contributed by atoms with Crippen molar-refractivity contribution in [1.29, 1.82) is 0 Å². The van der Waals surface area contributed by atoms with Gasteiger partial charge in [-0.25, -0.2) is 0 Å². The maximum Gasteiger partial charge on any atom is 0.242 e. The van der Waals surface area contributed by atoms with Crippen molar-refractivity contribution < 1.29 is 9.59 Å². The van der Waals surface area contributed by atoms with Crippen LogP contribution in [0.5, 0.6) is 0 Å². The first-order chi connectivity index (χ1) is 7.92. The Bertz CT molecular complexity index is 250. The lowest BCUT2D eigenvalue weighted by Gasteiger charge is -2.23. The van der Waals surface area contributed by atoms with E-state index in [4.69, 9.17) is 5.73 Å². The summed E-state index contributed by atoms with van der Waals surface area (Å²) in [5, 5.41) is 0. The van der Waals surface area contributed by atoms with E-state index in [2.05, 4.69) is 0 Å². The molecule has 0 aliphatic carbocycles. The van der Waals surface area contributed by atoms with Gasteiger partial charge in [0.2, 0.25) is 11.8 Å². The molecule has 17 heavy (non-hydrogen) atoms. The second-order valence-corrected chi connectivity index (χ2v) is 4.33. The Morgan fingerprint density at radius 3 is 2.12 bits per heavy atom. The molecule has 0 saturated heterocycles. The first-order valence-corrected chi connectivity index (χ1v) is 6.19. The number of carbonyl (C=O) groups excluding carboxylic acids is 2. The fraction of sp³-hybridized carbons (Fsp3) is 0.833. The third kappa shape index (κ3) is 6.26. The van der Waals surface area contributed by atoms with E-state index in [-0.39, 0.29) is 24.4 Å². The maximum absolute atomic E-state index is 11.8. The minimum absolute atomic E-state index is 0.00773. The molecule has 0 aromatic heterocycles. The lowest BCUT2D eigenvalue weighted by molar-refractivity contribution is -0.139. The van der Waals surface area contributed by atoms with E-state index in [1.165, 1.54) is 4.90 Å². The zero-order valence-electron chi connectivity index (χ0n) is 11.4. The number of nitrogens with zero attached hydrogens (tertiary/aromatic N) is 2. The van der Waals surface area contributed by atoms with Crippen molar-refractivity contribution in [1.82, 2.24) is 9.80 Å². The van der Waals surface area contributed by atoms with Gasteiger partial charge in [0, 0.05) is 32.6 Å². The maximum atomic E-state index is 11.8. The van der Waals surface area contributed by atoms with Crippen LogP contribution in [0.4, 0.5) is 0 Å². The summed E-state index contributed by atoms with van der Waals surface area (Å²) in [5.74, 6) is -0.0329. The highest BCUT2D eigenvalue weighted by Gasteiger charge is 2.16. The van der Waals surface area contributed by atoms with Crippen LogP contribution in [0.2, 0.25) is 0 Å². The van der Waals surface area contributed by atoms with Crippen LogP contribution in [0.1, 0.15) is 33.6 Å². The fourth-order valence-corrected chi connectivity index (χ4v) is 1.51. The number of rotatable bonds is 7. The van der Waals surface area contributed by atoms with Crippen LogP contribution in [0, 0.1) is 0 Å². The van der Waals surface area contributed by atoms with Gasteiger partial charge >= 0.3 is 0 Å². The van der Waals surface area contributed by atoms with Crippen LogP contribution >= 0.6 is 0 Å². The van der Waals surface area contributed by atoms with Gasteiger partial charge in [0.05, 0.1) is 6.54 Å². The van der Waals surface area contributed by atoms with Crippen molar-refractivity contribution in [3.63, 3.8) is 0 Å². The topological polar surface area (TPSA) is 66.6 Å². The zero-order chi connectivity index (χ0) is 13.4. The number of nitrogens with two attached hydrogens (primary N) is 1. The van der Waals surface area contributed by atoms with E-state index in [0.717, 1.165) is 0 Å². The van der Waals surface area contributed by atoms with Gasteiger partial charge < -0.3 is 15.5 Å². The average molecular weight is 243 g/mol. The molecule has 100 valence electrons. The Kier molecular flexibility index (Phi) is 7.54. The Balaban J connectivity index is 4.10. The molecule has 2 amide bonds. The molecule has 0 aromatic carbocycles. The summed E-state index contributed by atoms with van der Waals surface area (Å²) < 4.78 is 0. The van der Waals surface area contributed by atoms with Crippen molar-refractivity contribution in [2.45, 2.75) is 39.7 Å². The normalized spacial score (nSPS) is 12.1. The van der Waals surface area contributed by atoms with E-state index in [1.807, 2.05) is 20.8 Å². The molecular weight excluding hydrogens is 218 g/mol. The predicted octanol–water partition coefficient (Wildman–Crippen LogP) is 0.441. The molecule has 0 heterocycles. The zero-order valence-corrected chi connectivity index (χ0v) is 11.4. The van der Waals surface area contributed by atoms with Gasteiger partial charge in [0.1, 0.15) is 0 Å². The van der Waals surface area contributed by atoms with Crippen LogP contribution < -0.4 is 5.73 Å². The second-order valence-electron chi connectivity index (χ2n) is 4.33. The molecule has 0 aliphatic heterocycles. The SMILES string of the molecule is CCN(CC)C(=O)CN(C)C(=O)CCC(C)N. The number of amides is 2. The highest BCUT2D eigenvalue weighted by Crippen LogP contribution is 1.99. The number of hydrogen-bond acceptors (Lipinski definition) is 3. The standard InChI is InChI=1S/C12H25N3O2/c1-5-15(6-2)12(17)9-14(4)11(16)8-7-10(3)13/h10H,5-9,13H2,1-4H3. The Morgan fingerprint density at radius 1 is 1.18 bits per heavy atom. The van der Waals surface area contributed by atoms with Gasteiger partial charge in [-0.3, -0.25) is 9.59 Å². The summed E-state index contributed by atoms with van der Waals surface area (Å²) in [7, 11) is 1.66. The number of hydrogen-bond donors (Lipinski definition) is 1. The van der Waals surface area contributed by atoms with Gasteiger partial charge in [-0.15, -0.1) is 0 Å². The smallest absolute Gasteiger partial charge is 0.242 e. The van der Waals surface area contributed by atoms with Gasteiger partial charge in [0.15, 0.2) is 0 Å². The summed E-state index contributed by atoms with van der Waals surface area (Å²) in [4.78, 5) is 26.6. The number of carbonyl (C=O) groups is 2. The van der Waals surface area contributed by atoms with Gasteiger partial charge in [-0.2, -0.15) is 0 Å². The molecule has 1 atom stereocenters. The third-order valence-electron chi connectivity index (χ3n) is 2.73. The molecule has 0 spiro atoms. The lowest BCUT2D eigenvalue weighted by atomic mass is 10.2. The predicted molar refractivity (Wildman–Crippen MR) is 68.4 cm³/mol. The Hall–Kier alpha value is -1.10. The molecule has 0 bridgehead atoms. The molecule has 1 unspecified atom stereocenters. The molecule has 0 aliphatic rings. The quantitative estimate of drug-likeness (QED) is 0.705. The van der Waals surface area contributed by atoms with Crippen molar-refractivity contribution in [2.24, 2.45) is 5.73 Å². The van der Waals surface area contributed by atoms with Gasteiger partial charge in [-0.05, 0) is 27.2 Å². The largest absolute Gasteiger partial charge is 0.342 e. The summed E-state index contributed by atoms with van der Waals surface area (Å²) in [6, 6.07) is 0.0193. The van der Waals surface area contributed by atoms with Gasteiger partial charge in [-0.1, -0.05) is 0 Å². The first kappa shape index (κ1) is 15.9. The van der Waals surface area contributed by atoms with E-state index in [0.29, 0.717) is 25.9 Å². The molecule has 0 saturated carbocycles. The first-order valence-electron chi connectivity index (χ1n) is 6.19. The van der Waals surface area contributed by atoms with Crippen molar-refractivity contribution in [3.8, 4) is 0 Å². The summed E-state index contributed by atoms with van der Waals surface area (Å²) in [6.07, 6.45) is 1.06. The molecule has 0 aromatic rings. The third-order valence-corrected chi connectivity index (χ3v) is 2.73. The van der Waals surface area contributed by atoms with Crippen molar-refractivity contribution in [3.05, 3.63) is 0 Å². The highest BCUT2D eigenvalue weighted by atomic mass is 16.2. The Labute approximate surface area is 104 Å². The summed E-state index contributed by atoms with van der Waals surface area (Å²) >= 11 is 0. The van der Waals surface area contributed by atoms with E-state index in [1.54, 1.807) is 11.9 Å². The summed E-state index contributed by atoms with van der Waals surface area (Å²) in [5.41, 5.74) is 5.59. The van der Waals surface area contributed by atoms with Crippen LogP contribution in [-0.2, 0) is 9.59 Å². The van der Waals surface area contributed by atoms with E-state index < -0.39 is 0 Å². The molecule has 5 nitrogen and oxygen atoms in total. The molecular formula is C12H25N3O2. The minimum atomic E-state index is -0.0252. The van der Waals surface area contributed by atoms with Crippen molar-refractivity contribution >= 4 is 11.8 Å². The van der Waals surface area contributed by atoms with Crippen LogP contribution in [-0.4, -0.2) is 54.3 Å². The van der Waals surface area contributed by atoms with E-state index >= 15 is 0 Å². The summed E-state index contributed by atoms with van der Waals surface area (Å²) in [6.45, 7) is 7.24. The van der Waals surface area contributed by atoms with Crippen LogP contribution in [0.3, 0.4) is 0 Å². The monoisotopic (exact) mass is 243 g/mol. The molecule has 5 heteroatoms. The highest BCUT2D eigenvalue weighted by molar-refractivity contribution is 5.84. The van der Waals surface area contributed by atoms with E-state index in [9.17, 15) is 9.59 Å². The fourth-order valence-electron chi connectivity index (χ4n) is 1.51. The Morgan fingerprint density at radius 2 is 1.71 bits per heavy atom. The number of likely N-dealkylation sites (N-methyl/N-ethyl adjacent to an activating group) is 2. The van der Waals surface area contributed by atoms with Gasteiger partial charge in [0.25, 0.3) is 0 Å². The molecule has 0 fully saturated rings. The lowest BCUT2D eigenvalue weighted by Crippen LogP contribution is -2.41. The van der Waals surface area contributed by atoms with Crippen LogP contribution in [0.25, 0.3) is 0 Å². The minimum Gasteiger partial charge on any atom is -0.342 e. The molecule has 0 radical (unpaired) electrons.